The molecule has 18 heavy (non-hydrogen) atoms. The minimum atomic E-state index is -1.43. The maximum Gasteiger partial charge on any atom is 0.0758 e. The highest BCUT2D eigenvalue weighted by Gasteiger charge is 2.42. The van der Waals surface area contributed by atoms with Crippen LogP contribution in [0.4, 0.5) is 0 Å². The van der Waals surface area contributed by atoms with Gasteiger partial charge in [0.15, 0.2) is 0 Å². The average molecular weight is 275 g/mol. The predicted octanol–water partition coefficient (Wildman–Crippen LogP) is 3.71. The van der Waals surface area contributed by atoms with E-state index < -0.39 is 18.9 Å². The van der Waals surface area contributed by atoms with Gasteiger partial charge in [-0.1, -0.05) is 37.3 Å². The fraction of sp³-hybridized carbons (Fsp3) is 0.267. The first-order valence-electron chi connectivity index (χ1n) is 6.14. The molecule has 0 spiro atoms. The first-order valence-corrected chi connectivity index (χ1v) is 10.8. The Morgan fingerprint density at radius 1 is 1.00 bits per heavy atom. The Morgan fingerprint density at radius 2 is 1.61 bits per heavy atom. The molecule has 1 aliphatic rings. The molecule has 5 radical (unpaired) electrons. The maximum absolute atomic E-state index is 12.6. The molecule has 0 unspecified atom stereocenters. The van der Waals surface area contributed by atoms with Crippen LogP contribution in [0.5, 0.6) is 0 Å². The zero-order chi connectivity index (χ0) is 13.3. The summed E-state index contributed by atoms with van der Waals surface area (Å²) in [6.45, 7) is 8.91. The van der Waals surface area contributed by atoms with Crippen molar-refractivity contribution < 1.29 is 4.21 Å². The maximum atomic E-state index is 12.6. The molecule has 2 rings (SSSR count). The Morgan fingerprint density at radius 3 is 2.17 bits per heavy atom. The van der Waals surface area contributed by atoms with E-state index in [1.54, 1.807) is 0 Å². The molecular weight excluding hydrogens is 256 g/mol. The van der Waals surface area contributed by atoms with E-state index in [1.165, 1.54) is 11.1 Å². The quantitative estimate of drug-likeness (QED) is 0.769. The van der Waals surface area contributed by atoms with Gasteiger partial charge < -0.3 is 0 Å². The summed E-state index contributed by atoms with van der Waals surface area (Å²) in [6, 6.07) is 7.97. The van der Waals surface area contributed by atoms with Crippen molar-refractivity contribution in [2.75, 3.05) is 0 Å². The van der Waals surface area contributed by atoms with Crippen molar-refractivity contribution >= 4 is 18.9 Å². The van der Waals surface area contributed by atoms with Crippen molar-refractivity contribution in [3.8, 4) is 0 Å². The Bertz CT molecular complexity index is 433. The van der Waals surface area contributed by atoms with Gasteiger partial charge in [0.05, 0.1) is 24.1 Å². The SMILES string of the molecule is Cc1ccc([S@@](=O)[C]2[CH][CH][CH][C]2[Si](C)(C)C)cc1. The van der Waals surface area contributed by atoms with Gasteiger partial charge in [0.2, 0.25) is 0 Å². The van der Waals surface area contributed by atoms with Crippen LogP contribution in [0.1, 0.15) is 5.56 Å². The summed E-state index contributed by atoms with van der Waals surface area (Å²) in [7, 11) is -2.47. The Hall–Kier alpha value is -0.413. The fourth-order valence-electron chi connectivity index (χ4n) is 1.97. The molecule has 0 amide bonds. The lowest BCUT2D eigenvalue weighted by atomic mass is 10.2. The normalized spacial score (nSPS) is 20.2. The van der Waals surface area contributed by atoms with Gasteiger partial charge >= 0.3 is 0 Å². The summed E-state index contributed by atoms with van der Waals surface area (Å²) in [5.74, 6) is 0. The minimum Gasteiger partial charge on any atom is -0.254 e. The number of hydrogen-bond donors (Lipinski definition) is 0. The van der Waals surface area contributed by atoms with Crippen LogP contribution in [-0.2, 0) is 10.8 Å². The van der Waals surface area contributed by atoms with Crippen LogP contribution in [0.25, 0.3) is 0 Å². The Labute approximate surface area is 114 Å². The summed E-state index contributed by atoms with van der Waals surface area (Å²) >= 11 is 0. The molecule has 3 heteroatoms. The second kappa shape index (κ2) is 5.30. The summed E-state index contributed by atoms with van der Waals surface area (Å²) in [6.07, 6.45) is 6.16. The number of rotatable bonds is 3. The molecule has 0 bridgehead atoms. The molecule has 95 valence electrons. The van der Waals surface area contributed by atoms with Crippen molar-refractivity contribution in [2.24, 2.45) is 0 Å². The van der Waals surface area contributed by atoms with E-state index in [0.29, 0.717) is 0 Å². The molecule has 0 saturated heterocycles. The van der Waals surface area contributed by atoms with Crippen LogP contribution >= 0.6 is 0 Å². The van der Waals surface area contributed by atoms with Crippen LogP contribution in [0.2, 0.25) is 19.6 Å². The third kappa shape index (κ3) is 2.94. The Balaban J connectivity index is 2.20. The molecule has 0 heterocycles. The lowest BCUT2D eigenvalue weighted by Gasteiger charge is -2.28. The second-order valence-corrected chi connectivity index (χ2v) is 12.1. The van der Waals surface area contributed by atoms with Crippen LogP contribution in [0.15, 0.2) is 29.2 Å². The molecule has 1 fully saturated rings. The van der Waals surface area contributed by atoms with Gasteiger partial charge in [-0.15, -0.1) is 0 Å². The summed E-state index contributed by atoms with van der Waals surface area (Å²) in [5, 5.41) is 0.998. The molecule has 0 aliphatic heterocycles. The van der Waals surface area contributed by atoms with Gasteiger partial charge in [-0.25, -0.2) is 0 Å². The van der Waals surface area contributed by atoms with Crippen molar-refractivity contribution in [1.82, 2.24) is 0 Å². The molecule has 1 aliphatic carbocycles. The Kier molecular flexibility index (Phi) is 4.12. The number of aryl methyl sites for hydroxylation is 1. The standard InChI is InChI=1S/C15H19OSSi/c1-12-8-10-13(11-9-12)17(16)14-6-5-7-15(14)18(2,3)4/h5-11H,1-4H3/t17-/m1/s1. The molecule has 1 aromatic rings. The topological polar surface area (TPSA) is 17.1 Å². The van der Waals surface area contributed by atoms with E-state index in [2.05, 4.69) is 26.1 Å². The van der Waals surface area contributed by atoms with Gasteiger partial charge in [0.1, 0.15) is 0 Å². The molecular formula is C15H19OSSi. The van der Waals surface area contributed by atoms with E-state index in [4.69, 9.17) is 0 Å². The lowest BCUT2D eigenvalue weighted by Crippen LogP contribution is -2.34. The van der Waals surface area contributed by atoms with E-state index in [1.807, 2.05) is 44.0 Å². The first-order chi connectivity index (χ1) is 8.39. The molecule has 0 N–H and O–H groups in total. The van der Waals surface area contributed by atoms with E-state index in [-0.39, 0.29) is 0 Å². The average Bonchev–Trinajstić information content (AvgIpc) is 2.77. The number of hydrogen-bond acceptors (Lipinski definition) is 1. The summed E-state index contributed by atoms with van der Waals surface area (Å²) < 4.78 is 12.6. The monoisotopic (exact) mass is 275 g/mol. The lowest BCUT2D eigenvalue weighted by molar-refractivity contribution is 0.684. The highest BCUT2D eigenvalue weighted by atomic mass is 32.2. The zero-order valence-corrected chi connectivity index (χ0v) is 13.2. The van der Waals surface area contributed by atoms with E-state index in [0.717, 1.165) is 10.1 Å². The molecule has 1 saturated carbocycles. The van der Waals surface area contributed by atoms with Crippen molar-refractivity contribution in [3.05, 3.63) is 59.9 Å². The van der Waals surface area contributed by atoms with Crippen molar-refractivity contribution in [3.63, 3.8) is 0 Å². The predicted molar refractivity (Wildman–Crippen MR) is 80.3 cm³/mol. The first kappa shape index (κ1) is 14.0. The van der Waals surface area contributed by atoms with Crippen molar-refractivity contribution in [2.45, 2.75) is 31.5 Å². The van der Waals surface area contributed by atoms with Crippen LogP contribution < -0.4 is 0 Å². The molecule has 1 aromatic carbocycles. The van der Waals surface area contributed by atoms with Gasteiger partial charge in [0, 0.05) is 4.90 Å². The van der Waals surface area contributed by atoms with Crippen LogP contribution in [-0.4, -0.2) is 12.3 Å². The van der Waals surface area contributed by atoms with E-state index in [9.17, 15) is 4.21 Å². The van der Waals surface area contributed by atoms with Gasteiger partial charge in [0.25, 0.3) is 0 Å². The van der Waals surface area contributed by atoms with Crippen LogP contribution in [0, 0.1) is 37.0 Å². The molecule has 1 nitrogen and oxygen atoms in total. The summed E-state index contributed by atoms with van der Waals surface area (Å²) in [4.78, 5) is 0.895. The highest BCUT2D eigenvalue weighted by molar-refractivity contribution is 7.88. The number of benzene rings is 1. The third-order valence-electron chi connectivity index (χ3n) is 3.02. The van der Waals surface area contributed by atoms with Crippen LogP contribution in [0.3, 0.4) is 0 Å². The highest BCUT2D eigenvalue weighted by Crippen LogP contribution is 2.43. The molecule has 0 aromatic heterocycles. The smallest absolute Gasteiger partial charge is 0.0758 e. The van der Waals surface area contributed by atoms with Gasteiger partial charge in [-0.2, -0.15) is 0 Å². The molecule has 1 atom stereocenters. The van der Waals surface area contributed by atoms with Gasteiger partial charge in [-0.3, -0.25) is 4.21 Å². The van der Waals surface area contributed by atoms with Gasteiger partial charge in [-0.05, 0) is 43.9 Å². The second-order valence-electron chi connectivity index (χ2n) is 5.64. The minimum absolute atomic E-state index is 0.895. The van der Waals surface area contributed by atoms with Crippen molar-refractivity contribution in [1.29, 1.82) is 0 Å². The van der Waals surface area contributed by atoms with E-state index >= 15 is 0 Å². The largest absolute Gasteiger partial charge is 0.254 e. The third-order valence-corrected chi connectivity index (χ3v) is 6.71. The summed E-state index contributed by atoms with van der Waals surface area (Å²) in [5.41, 5.74) is 2.50. The fourth-order valence-corrected chi connectivity index (χ4v) is 5.70. The zero-order valence-electron chi connectivity index (χ0n) is 11.4.